The highest BCUT2D eigenvalue weighted by Gasteiger charge is 2.23. The van der Waals surface area contributed by atoms with Crippen molar-refractivity contribution in [1.82, 2.24) is 19.5 Å². The average Bonchev–Trinajstić information content (AvgIpc) is 3.32. The fourth-order valence-electron chi connectivity index (χ4n) is 4.29. The second kappa shape index (κ2) is 9.94. The normalized spacial score (nSPS) is 12.1. The zero-order valence-corrected chi connectivity index (χ0v) is 21.3. The van der Waals surface area contributed by atoms with Gasteiger partial charge in [-0.2, -0.15) is 0 Å². The van der Waals surface area contributed by atoms with E-state index in [1.807, 2.05) is 56.3 Å². The van der Waals surface area contributed by atoms with Crippen molar-refractivity contribution >= 4 is 45.2 Å². The van der Waals surface area contributed by atoms with Crippen LogP contribution in [0.15, 0.2) is 82.4 Å². The summed E-state index contributed by atoms with van der Waals surface area (Å²) >= 11 is 1.15. The van der Waals surface area contributed by atoms with E-state index in [1.165, 1.54) is 7.11 Å². The maximum atomic E-state index is 13.7. The third-order valence-electron chi connectivity index (χ3n) is 6.05. The number of aromatic nitrogens is 4. The second-order valence-corrected chi connectivity index (χ2v) is 9.44. The van der Waals surface area contributed by atoms with Crippen molar-refractivity contribution in [2.24, 2.45) is 0 Å². The summed E-state index contributed by atoms with van der Waals surface area (Å²) in [6.45, 7) is 3.87. The van der Waals surface area contributed by atoms with Crippen molar-refractivity contribution in [1.29, 1.82) is 0 Å². The Labute approximate surface area is 216 Å². The number of aryl methyl sites for hydroxylation is 2. The quantitative estimate of drug-likeness (QED) is 0.107. The Morgan fingerprint density at radius 3 is 2.35 bits per heavy atom. The van der Waals surface area contributed by atoms with Gasteiger partial charge in [-0.1, -0.05) is 54.2 Å². The molecule has 0 fully saturated rings. The van der Waals surface area contributed by atoms with E-state index in [0.717, 1.165) is 34.1 Å². The third-order valence-corrected chi connectivity index (χ3v) is 7.00. The molecule has 0 aliphatic carbocycles. The molecule has 0 unspecified atom stereocenters. The molecule has 2 N–H and O–H groups in total. The monoisotopic (exact) mass is 512 g/mol. The lowest BCUT2D eigenvalue weighted by atomic mass is 10.1. The molecule has 2 aromatic heterocycles. The Morgan fingerprint density at radius 2 is 1.65 bits per heavy atom. The molecular formula is C28H24N4O4S. The molecule has 2 heterocycles. The van der Waals surface area contributed by atoms with Crippen LogP contribution in [0.2, 0.25) is 0 Å². The molecule has 0 aliphatic rings. The number of esters is 1. The van der Waals surface area contributed by atoms with Gasteiger partial charge in [-0.15, -0.1) is 0 Å². The number of imidazole rings is 1. The van der Waals surface area contributed by atoms with Gasteiger partial charge in [0.25, 0.3) is 5.56 Å². The van der Waals surface area contributed by atoms with Gasteiger partial charge in [-0.3, -0.25) is 9.36 Å². The second-order valence-electron chi connectivity index (χ2n) is 8.50. The number of hydrogen-bond acceptors (Lipinski definition) is 7. The molecule has 0 bridgehead atoms. The van der Waals surface area contributed by atoms with Gasteiger partial charge in [0, 0.05) is 0 Å². The van der Waals surface area contributed by atoms with E-state index in [2.05, 4.69) is 9.97 Å². The Morgan fingerprint density at radius 1 is 0.973 bits per heavy atom. The number of methoxy groups -OCH3 is 1. The van der Waals surface area contributed by atoms with E-state index in [1.54, 1.807) is 28.8 Å². The summed E-state index contributed by atoms with van der Waals surface area (Å²) in [5.74, 6) is -0.816. The summed E-state index contributed by atoms with van der Waals surface area (Å²) in [5.41, 5.74) is 4.21. The highest BCUT2D eigenvalue weighted by molar-refractivity contribution is 7.99. The molecule has 0 radical (unpaired) electrons. The first-order valence-corrected chi connectivity index (χ1v) is 12.5. The van der Waals surface area contributed by atoms with Gasteiger partial charge in [0.2, 0.25) is 0 Å². The lowest BCUT2D eigenvalue weighted by Crippen LogP contribution is -2.23. The van der Waals surface area contributed by atoms with Gasteiger partial charge in [-0.05, 0) is 49.2 Å². The lowest BCUT2D eigenvalue weighted by Gasteiger charge is -2.17. The van der Waals surface area contributed by atoms with Crippen molar-refractivity contribution < 1.29 is 14.6 Å². The molecule has 186 valence electrons. The molecule has 0 aliphatic heterocycles. The van der Waals surface area contributed by atoms with Gasteiger partial charge in [-0.25, -0.2) is 14.8 Å². The summed E-state index contributed by atoms with van der Waals surface area (Å²) in [7, 11) is 1.24. The first kappa shape index (κ1) is 24.3. The van der Waals surface area contributed by atoms with E-state index in [4.69, 9.17) is 9.72 Å². The number of fused-ring (bicyclic) bond motifs is 2. The molecule has 3 aromatic carbocycles. The molecule has 0 spiro atoms. The molecule has 5 aromatic rings. The fourth-order valence-corrected chi connectivity index (χ4v) is 5.17. The zero-order valence-electron chi connectivity index (χ0n) is 20.5. The van der Waals surface area contributed by atoms with Crippen molar-refractivity contribution in [3.8, 4) is 5.69 Å². The average molecular weight is 513 g/mol. The smallest absolute Gasteiger partial charge is 0.345 e. The van der Waals surface area contributed by atoms with Crippen LogP contribution in [0.4, 0.5) is 0 Å². The molecule has 9 heteroatoms. The highest BCUT2D eigenvalue weighted by atomic mass is 32.2. The minimum Gasteiger partial charge on any atom is -0.510 e. The van der Waals surface area contributed by atoms with Crippen LogP contribution in [0.25, 0.3) is 33.2 Å². The van der Waals surface area contributed by atoms with Crippen molar-refractivity contribution in [2.75, 3.05) is 12.9 Å². The van der Waals surface area contributed by atoms with Crippen molar-refractivity contribution in [2.45, 2.75) is 19.0 Å². The van der Waals surface area contributed by atoms with E-state index in [9.17, 15) is 14.7 Å². The number of hydrogen-bond donors (Lipinski definition) is 2. The van der Waals surface area contributed by atoms with Crippen molar-refractivity contribution in [3.05, 3.63) is 99.8 Å². The summed E-state index contributed by atoms with van der Waals surface area (Å²) in [6, 6.07) is 20.3. The summed E-state index contributed by atoms with van der Waals surface area (Å²) in [5, 5.41) is 12.0. The number of aromatic amines is 1. The summed E-state index contributed by atoms with van der Waals surface area (Å²) in [4.78, 5) is 38.6. The number of aliphatic hydroxyl groups is 1. The lowest BCUT2D eigenvalue weighted by molar-refractivity contribution is -0.133. The van der Waals surface area contributed by atoms with Crippen LogP contribution < -0.4 is 5.56 Å². The van der Waals surface area contributed by atoms with Gasteiger partial charge < -0.3 is 14.8 Å². The number of carbonyl (C=O) groups excluding carboxylic acids is 1. The summed E-state index contributed by atoms with van der Waals surface area (Å²) < 4.78 is 6.51. The molecule has 0 amide bonds. The van der Waals surface area contributed by atoms with E-state index < -0.39 is 5.97 Å². The van der Waals surface area contributed by atoms with Crippen LogP contribution in [0.5, 0.6) is 0 Å². The largest absolute Gasteiger partial charge is 0.510 e. The number of ether oxygens (including phenoxy) is 1. The number of H-pyrrole nitrogens is 1. The Balaban J connectivity index is 1.63. The SMILES string of the molecule is COC(=O)/C(=C(\O)CSc1nc2ccccc2c(=O)n1-c1c(C)cccc1C)c1nc2ccccc2[nH]1. The molecule has 8 nitrogen and oxygen atoms in total. The number of thioether (sulfide) groups is 1. The number of carbonyl (C=O) groups is 1. The molecule has 37 heavy (non-hydrogen) atoms. The number of aliphatic hydroxyl groups excluding tert-OH is 1. The Bertz CT molecular complexity index is 1700. The third kappa shape index (κ3) is 4.49. The predicted molar refractivity (Wildman–Crippen MR) is 145 cm³/mol. The van der Waals surface area contributed by atoms with Gasteiger partial charge in [0.05, 0.1) is 40.5 Å². The van der Waals surface area contributed by atoms with E-state index >= 15 is 0 Å². The molecule has 5 rings (SSSR count). The van der Waals surface area contributed by atoms with Gasteiger partial charge >= 0.3 is 5.97 Å². The number of nitrogens with zero attached hydrogens (tertiary/aromatic N) is 3. The van der Waals surface area contributed by atoms with Gasteiger partial charge in [0.15, 0.2) is 5.16 Å². The van der Waals surface area contributed by atoms with Crippen LogP contribution in [-0.4, -0.2) is 43.5 Å². The summed E-state index contributed by atoms with van der Waals surface area (Å²) in [6.07, 6.45) is 0. The number of benzene rings is 3. The molecule has 0 saturated carbocycles. The Kier molecular flexibility index (Phi) is 6.54. The molecule has 0 saturated heterocycles. The van der Waals surface area contributed by atoms with E-state index in [0.29, 0.717) is 21.6 Å². The van der Waals surface area contributed by atoms with Crippen LogP contribution in [-0.2, 0) is 9.53 Å². The fraction of sp³-hybridized carbons (Fsp3) is 0.143. The Hall–Kier alpha value is -4.37. The van der Waals surface area contributed by atoms with Crippen LogP contribution >= 0.6 is 11.8 Å². The zero-order chi connectivity index (χ0) is 26.1. The van der Waals surface area contributed by atoms with E-state index in [-0.39, 0.29) is 28.5 Å². The number of nitrogens with one attached hydrogen (secondary N) is 1. The first-order valence-electron chi connectivity index (χ1n) is 11.6. The maximum absolute atomic E-state index is 13.7. The molecular weight excluding hydrogens is 488 g/mol. The molecule has 0 atom stereocenters. The van der Waals surface area contributed by atoms with Crippen LogP contribution in [0.3, 0.4) is 0 Å². The van der Waals surface area contributed by atoms with Gasteiger partial charge in [0.1, 0.15) is 17.2 Å². The highest BCUT2D eigenvalue weighted by Crippen LogP contribution is 2.28. The minimum atomic E-state index is -0.726. The predicted octanol–water partition coefficient (Wildman–Crippen LogP) is 5.11. The number of para-hydroxylation sites is 4. The van der Waals surface area contributed by atoms with Crippen LogP contribution in [0, 0.1) is 13.8 Å². The number of rotatable bonds is 6. The maximum Gasteiger partial charge on any atom is 0.345 e. The van der Waals surface area contributed by atoms with Crippen LogP contribution in [0.1, 0.15) is 17.0 Å². The first-order chi connectivity index (χ1) is 17.9. The topological polar surface area (TPSA) is 110 Å². The minimum absolute atomic E-state index is 0.0445. The van der Waals surface area contributed by atoms with Crippen molar-refractivity contribution in [3.63, 3.8) is 0 Å². The standard InChI is InChI=1S/C28H24N4O4S/c1-16-9-8-10-17(2)24(16)32-26(34)18-11-4-5-12-19(18)31-28(32)37-15-22(33)23(27(35)36-3)25-29-20-13-6-7-14-21(20)30-25/h4-14,33H,15H2,1-3H3,(H,29,30)/b23-22-.